The molecule has 0 saturated heterocycles. The Hall–Kier alpha value is -2.07. The molecular weight excluding hydrogens is 258 g/mol. The number of carboxylic acids is 1. The third-order valence-electron chi connectivity index (χ3n) is 2.42. The zero-order valence-electron chi connectivity index (χ0n) is 10.2. The van der Waals surface area contributed by atoms with Crippen LogP contribution in [-0.4, -0.2) is 21.8 Å². The van der Waals surface area contributed by atoms with Crippen LogP contribution in [-0.2, 0) is 0 Å². The SMILES string of the molecule is O=C(O)c1ccc(SC/C=C/c2ccccc2)nc1. The average Bonchev–Trinajstić information content (AvgIpc) is 2.45. The summed E-state index contributed by atoms with van der Waals surface area (Å²) in [5.74, 6) is -0.151. The van der Waals surface area contributed by atoms with E-state index in [2.05, 4.69) is 17.1 Å². The van der Waals surface area contributed by atoms with Crippen LogP contribution in [0.15, 0.2) is 59.8 Å². The van der Waals surface area contributed by atoms with Gasteiger partial charge in [-0.2, -0.15) is 0 Å². The summed E-state index contributed by atoms with van der Waals surface area (Å²) in [7, 11) is 0. The fourth-order valence-corrected chi connectivity index (χ4v) is 2.13. The van der Waals surface area contributed by atoms with Crippen molar-refractivity contribution in [2.45, 2.75) is 5.03 Å². The lowest BCUT2D eigenvalue weighted by molar-refractivity contribution is 0.0696. The van der Waals surface area contributed by atoms with E-state index in [1.807, 2.05) is 30.3 Å². The van der Waals surface area contributed by atoms with Gasteiger partial charge in [-0.3, -0.25) is 0 Å². The second-order valence-electron chi connectivity index (χ2n) is 3.81. The van der Waals surface area contributed by atoms with Crippen LogP contribution >= 0.6 is 11.8 Å². The number of aromatic nitrogens is 1. The lowest BCUT2D eigenvalue weighted by Gasteiger charge is -1.98. The minimum absolute atomic E-state index is 0.212. The predicted octanol–water partition coefficient (Wildman–Crippen LogP) is 3.59. The van der Waals surface area contributed by atoms with Gasteiger partial charge in [-0.25, -0.2) is 9.78 Å². The number of hydrogen-bond acceptors (Lipinski definition) is 3. The molecule has 96 valence electrons. The molecule has 0 fully saturated rings. The third-order valence-corrected chi connectivity index (χ3v) is 3.32. The van der Waals surface area contributed by atoms with Gasteiger partial charge in [-0.1, -0.05) is 42.5 Å². The van der Waals surface area contributed by atoms with Crippen LogP contribution in [0.5, 0.6) is 0 Å². The Balaban J connectivity index is 1.86. The van der Waals surface area contributed by atoms with Crippen LogP contribution in [0.1, 0.15) is 15.9 Å². The van der Waals surface area contributed by atoms with Gasteiger partial charge in [0.05, 0.1) is 10.6 Å². The third kappa shape index (κ3) is 4.26. The normalized spacial score (nSPS) is 10.7. The van der Waals surface area contributed by atoms with Crippen LogP contribution in [0.3, 0.4) is 0 Å². The Kier molecular flexibility index (Phi) is 4.75. The quantitative estimate of drug-likeness (QED) is 0.844. The number of pyridine rings is 1. The van der Waals surface area contributed by atoms with Gasteiger partial charge >= 0.3 is 5.97 Å². The molecule has 0 aliphatic carbocycles. The predicted molar refractivity (Wildman–Crippen MR) is 77.4 cm³/mol. The zero-order chi connectivity index (χ0) is 13.5. The maximum absolute atomic E-state index is 10.7. The monoisotopic (exact) mass is 271 g/mol. The molecule has 2 aromatic rings. The Bertz CT molecular complexity index is 564. The zero-order valence-corrected chi connectivity index (χ0v) is 11.0. The van der Waals surface area contributed by atoms with Crippen LogP contribution in [0.4, 0.5) is 0 Å². The maximum Gasteiger partial charge on any atom is 0.337 e. The summed E-state index contributed by atoms with van der Waals surface area (Å²) in [6.45, 7) is 0. The topological polar surface area (TPSA) is 50.2 Å². The van der Waals surface area contributed by atoms with E-state index in [-0.39, 0.29) is 5.56 Å². The van der Waals surface area contributed by atoms with Crippen molar-refractivity contribution in [2.75, 3.05) is 5.75 Å². The molecule has 0 amide bonds. The second-order valence-corrected chi connectivity index (χ2v) is 4.85. The van der Waals surface area contributed by atoms with Crippen molar-refractivity contribution in [1.29, 1.82) is 0 Å². The number of rotatable bonds is 5. The van der Waals surface area contributed by atoms with Crippen LogP contribution < -0.4 is 0 Å². The summed E-state index contributed by atoms with van der Waals surface area (Å²) in [4.78, 5) is 14.8. The molecule has 4 heteroatoms. The molecule has 0 radical (unpaired) electrons. The molecule has 0 spiro atoms. The number of thioether (sulfide) groups is 1. The number of benzene rings is 1. The van der Waals surface area contributed by atoms with Gasteiger partial charge in [-0.15, -0.1) is 11.8 Å². The molecule has 0 aliphatic heterocycles. The minimum Gasteiger partial charge on any atom is -0.478 e. The molecular formula is C15H13NO2S. The number of nitrogens with zero attached hydrogens (tertiary/aromatic N) is 1. The maximum atomic E-state index is 10.7. The molecule has 1 aromatic heterocycles. The molecule has 0 atom stereocenters. The smallest absolute Gasteiger partial charge is 0.337 e. The van der Waals surface area contributed by atoms with E-state index in [0.29, 0.717) is 0 Å². The van der Waals surface area contributed by atoms with E-state index in [4.69, 9.17) is 5.11 Å². The fraction of sp³-hybridized carbons (Fsp3) is 0.0667. The van der Waals surface area contributed by atoms with E-state index in [1.54, 1.807) is 23.9 Å². The van der Waals surface area contributed by atoms with Crippen LogP contribution in [0.2, 0.25) is 0 Å². The second kappa shape index (κ2) is 6.75. The molecule has 1 heterocycles. The Morgan fingerprint density at radius 1 is 1.21 bits per heavy atom. The summed E-state index contributed by atoms with van der Waals surface area (Å²) >= 11 is 1.57. The van der Waals surface area contributed by atoms with E-state index in [9.17, 15) is 4.79 Å². The summed E-state index contributed by atoms with van der Waals surface area (Å²) in [6, 6.07) is 13.4. The minimum atomic E-state index is -0.951. The summed E-state index contributed by atoms with van der Waals surface area (Å²) < 4.78 is 0. The Morgan fingerprint density at radius 3 is 2.63 bits per heavy atom. The van der Waals surface area contributed by atoms with Gasteiger partial charge in [0.15, 0.2) is 0 Å². The van der Waals surface area contributed by atoms with Crippen molar-refractivity contribution in [2.24, 2.45) is 0 Å². The molecule has 0 bridgehead atoms. The fourth-order valence-electron chi connectivity index (χ4n) is 1.47. The number of carboxylic acid groups (broad SMARTS) is 1. The number of carbonyl (C=O) groups is 1. The molecule has 3 nitrogen and oxygen atoms in total. The lowest BCUT2D eigenvalue weighted by Crippen LogP contribution is -1.96. The molecule has 19 heavy (non-hydrogen) atoms. The van der Waals surface area contributed by atoms with Gasteiger partial charge in [0, 0.05) is 11.9 Å². The highest BCUT2D eigenvalue weighted by Crippen LogP contribution is 2.16. The largest absolute Gasteiger partial charge is 0.478 e. The van der Waals surface area contributed by atoms with Gasteiger partial charge in [0.2, 0.25) is 0 Å². The molecule has 1 N–H and O–H groups in total. The number of hydrogen-bond donors (Lipinski definition) is 1. The highest BCUT2D eigenvalue weighted by Gasteiger charge is 2.02. The van der Waals surface area contributed by atoms with Gasteiger partial charge in [0.1, 0.15) is 0 Å². The highest BCUT2D eigenvalue weighted by atomic mass is 32.2. The Morgan fingerprint density at radius 2 is 2.00 bits per heavy atom. The highest BCUT2D eigenvalue weighted by molar-refractivity contribution is 7.99. The van der Waals surface area contributed by atoms with Gasteiger partial charge in [0.25, 0.3) is 0 Å². The van der Waals surface area contributed by atoms with Crippen LogP contribution in [0, 0.1) is 0 Å². The van der Waals surface area contributed by atoms with Crippen molar-refractivity contribution < 1.29 is 9.90 Å². The first-order chi connectivity index (χ1) is 9.25. The first-order valence-electron chi connectivity index (χ1n) is 5.79. The van der Waals surface area contributed by atoms with Crippen molar-refractivity contribution in [1.82, 2.24) is 4.98 Å². The average molecular weight is 271 g/mol. The van der Waals surface area contributed by atoms with Gasteiger partial charge < -0.3 is 5.11 Å². The van der Waals surface area contributed by atoms with E-state index in [1.165, 1.54) is 6.20 Å². The van der Waals surface area contributed by atoms with Crippen molar-refractivity contribution in [3.8, 4) is 0 Å². The van der Waals surface area contributed by atoms with Crippen LogP contribution in [0.25, 0.3) is 6.08 Å². The standard InChI is InChI=1S/C15H13NO2S/c17-15(18)13-8-9-14(16-11-13)19-10-4-7-12-5-2-1-3-6-12/h1-9,11H,10H2,(H,17,18)/b7-4+. The Labute approximate surface area is 116 Å². The van der Waals surface area contributed by atoms with E-state index < -0.39 is 5.97 Å². The van der Waals surface area contributed by atoms with E-state index >= 15 is 0 Å². The molecule has 1 aromatic carbocycles. The van der Waals surface area contributed by atoms with Crippen molar-refractivity contribution >= 4 is 23.8 Å². The summed E-state index contributed by atoms with van der Waals surface area (Å²) in [5.41, 5.74) is 1.38. The summed E-state index contributed by atoms with van der Waals surface area (Å²) in [5, 5.41) is 9.58. The molecule has 0 aliphatic rings. The van der Waals surface area contributed by atoms with Crippen molar-refractivity contribution in [3.63, 3.8) is 0 Å². The van der Waals surface area contributed by atoms with E-state index in [0.717, 1.165) is 16.3 Å². The lowest BCUT2D eigenvalue weighted by atomic mass is 10.2. The molecule has 2 rings (SSSR count). The first kappa shape index (κ1) is 13.4. The first-order valence-corrected chi connectivity index (χ1v) is 6.78. The molecule has 0 saturated carbocycles. The summed E-state index contributed by atoms with van der Waals surface area (Å²) in [6.07, 6.45) is 5.50. The molecule has 0 unspecified atom stereocenters. The number of aromatic carboxylic acids is 1. The van der Waals surface area contributed by atoms with Crippen molar-refractivity contribution in [3.05, 3.63) is 65.9 Å². The van der Waals surface area contributed by atoms with Gasteiger partial charge in [-0.05, 0) is 17.7 Å².